The Morgan fingerprint density at radius 3 is 2.52 bits per heavy atom. The number of thiophene rings is 1. The van der Waals surface area contributed by atoms with Crippen molar-refractivity contribution in [3.8, 4) is 16.8 Å². The third-order valence-electron chi connectivity index (χ3n) is 5.66. The molecule has 0 unspecified atom stereocenters. The number of hydrogen-bond donors (Lipinski definition) is 1. The molecule has 0 fully saturated rings. The Morgan fingerprint density at radius 2 is 1.85 bits per heavy atom. The van der Waals surface area contributed by atoms with Crippen molar-refractivity contribution in [2.75, 3.05) is 13.2 Å². The minimum absolute atomic E-state index is 0.153. The van der Waals surface area contributed by atoms with Crippen LogP contribution in [0, 0.1) is 32.6 Å². The molecule has 172 valence electrons. The Kier molecular flexibility index (Phi) is 6.53. The van der Waals surface area contributed by atoms with E-state index < -0.39 is 0 Å². The second kappa shape index (κ2) is 9.22. The highest BCUT2D eigenvalue weighted by Gasteiger charge is 2.31. The Morgan fingerprint density at radius 1 is 1.12 bits per heavy atom. The minimum atomic E-state index is -0.201. The molecule has 0 radical (unpaired) electrons. The number of nitrogens with zero attached hydrogens (tertiary/aromatic N) is 4. The highest BCUT2D eigenvalue weighted by molar-refractivity contribution is 7.15. The number of benzene rings is 1. The van der Waals surface area contributed by atoms with Crippen LogP contribution >= 0.6 is 11.3 Å². The van der Waals surface area contributed by atoms with Gasteiger partial charge in [0.1, 0.15) is 16.9 Å². The van der Waals surface area contributed by atoms with Gasteiger partial charge in [0.25, 0.3) is 0 Å². The molecular weight excluding hydrogens is 430 g/mol. The van der Waals surface area contributed by atoms with E-state index in [0.29, 0.717) is 13.2 Å². The Balaban J connectivity index is 1.84. The normalized spacial score (nSPS) is 15.2. The van der Waals surface area contributed by atoms with Gasteiger partial charge in [0.15, 0.2) is 5.82 Å². The lowest BCUT2D eigenvalue weighted by molar-refractivity contribution is -0.00626. The van der Waals surface area contributed by atoms with Crippen LogP contribution in [-0.4, -0.2) is 39.2 Å². The maximum atomic E-state index is 6.04. The summed E-state index contributed by atoms with van der Waals surface area (Å²) in [6.07, 6.45) is 0.728. The van der Waals surface area contributed by atoms with Crippen molar-refractivity contribution in [3.63, 3.8) is 0 Å². The monoisotopic (exact) mass is 461 g/mol. The topological polar surface area (TPSA) is 78.3 Å². The molecule has 1 aromatic carbocycles. The number of hydrogen-bond acceptors (Lipinski definition) is 6. The Bertz CT molecular complexity index is 1250. The zero-order valence-corrected chi connectivity index (χ0v) is 21.0. The van der Waals surface area contributed by atoms with Crippen LogP contribution in [-0.2, 0) is 4.74 Å². The highest BCUT2D eigenvalue weighted by Crippen LogP contribution is 2.39. The molecule has 0 saturated heterocycles. The van der Waals surface area contributed by atoms with Crippen LogP contribution < -0.4 is 5.73 Å². The molecule has 0 saturated carbocycles. The summed E-state index contributed by atoms with van der Waals surface area (Å²) in [7, 11) is 0. The average molecular weight is 462 g/mol. The Labute approximate surface area is 199 Å². The van der Waals surface area contributed by atoms with E-state index in [1.165, 1.54) is 10.4 Å². The summed E-state index contributed by atoms with van der Waals surface area (Å²) in [5.41, 5.74) is 10.7. The average Bonchev–Trinajstić information content (AvgIpc) is 3.23. The van der Waals surface area contributed by atoms with Crippen LogP contribution in [0.25, 0.3) is 5.00 Å². The van der Waals surface area contributed by atoms with E-state index in [9.17, 15) is 0 Å². The molecule has 0 bridgehead atoms. The lowest BCUT2D eigenvalue weighted by Gasteiger charge is -2.21. The van der Waals surface area contributed by atoms with Gasteiger partial charge in [0.2, 0.25) is 0 Å². The van der Waals surface area contributed by atoms with Crippen molar-refractivity contribution >= 4 is 17.0 Å². The molecule has 4 rings (SSSR count). The van der Waals surface area contributed by atoms with Gasteiger partial charge in [-0.15, -0.1) is 21.5 Å². The summed E-state index contributed by atoms with van der Waals surface area (Å²) in [5.74, 6) is 7.76. The number of ether oxygens (including phenoxy) is 1. The third-order valence-corrected chi connectivity index (χ3v) is 6.85. The first-order chi connectivity index (χ1) is 15.7. The molecule has 1 aliphatic rings. The summed E-state index contributed by atoms with van der Waals surface area (Å²) in [4.78, 5) is 6.56. The summed E-state index contributed by atoms with van der Waals surface area (Å²) in [6.45, 7) is 13.5. The first-order valence-corrected chi connectivity index (χ1v) is 12.0. The maximum Gasteiger partial charge on any atom is 0.163 e. The van der Waals surface area contributed by atoms with Crippen molar-refractivity contribution in [1.82, 2.24) is 14.8 Å². The van der Waals surface area contributed by atoms with Gasteiger partial charge in [-0.1, -0.05) is 24.0 Å². The predicted molar refractivity (Wildman–Crippen MR) is 135 cm³/mol. The first kappa shape index (κ1) is 23.4. The lowest BCUT2D eigenvalue weighted by atomic mass is 9.98. The van der Waals surface area contributed by atoms with Gasteiger partial charge in [-0.2, -0.15) is 0 Å². The molecule has 3 aromatic rings. The van der Waals surface area contributed by atoms with E-state index in [2.05, 4.69) is 73.4 Å². The molecule has 6 nitrogen and oxygen atoms in total. The van der Waals surface area contributed by atoms with Gasteiger partial charge < -0.3 is 10.5 Å². The lowest BCUT2D eigenvalue weighted by Crippen LogP contribution is -2.21. The van der Waals surface area contributed by atoms with Gasteiger partial charge in [0, 0.05) is 34.6 Å². The molecule has 0 amide bonds. The van der Waals surface area contributed by atoms with Gasteiger partial charge >= 0.3 is 0 Å². The van der Waals surface area contributed by atoms with Crippen LogP contribution in [0.5, 0.6) is 0 Å². The minimum Gasteiger partial charge on any atom is -0.376 e. The molecule has 33 heavy (non-hydrogen) atoms. The fourth-order valence-electron chi connectivity index (χ4n) is 3.92. The van der Waals surface area contributed by atoms with E-state index in [1.807, 2.05) is 19.1 Å². The molecule has 0 aliphatic carbocycles. The molecule has 0 spiro atoms. The van der Waals surface area contributed by atoms with Gasteiger partial charge in [-0.05, 0) is 59.2 Å². The standard InChI is InChI=1S/C26H31N5OS/c1-16-17(2)33-25-22(16)23(20-11-9-19(10-12-20)8-7-14-27)28-21(13-15-32-26(4,5)6)24-30-29-18(3)31(24)25/h9-12,21H,13-15,27H2,1-6H3/t21-/m0/s1. The quantitative estimate of drug-likeness (QED) is 0.573. The molecule has 2 N–H and O–H groups in total. The summed E-state index contributed by atoms with van der Waals surface area (Å²) >= 11 is 1.77. The van der Waals surface area contributed by atoms with Crippen molar-refractivity contribution in [2.24, 2.45) is 10.7 Å². The highest BCUT2D eigenvalue weighted by atomic mass is 32.1. The van der Waals surface area contributed by atoms with Crippen LogP contribution in [0.4, 0.5) is 0 Å². The third kappa shape index (κ3) is 4.79. The van der Waals surface area contributed by atoms with E-state index in [-0.39, 0.29) is 11.6 Å². The second-order valence-electron chi connectivity index (χ2n) is 9.23. The fourth-order valence-corrected chi connectivity index (χ4v) is 5.14. The molecular formula is C26H31N5OS. The smallest absolute Gasteiger partial charge is 0.163 e. The van der Waals surface area contributed by atoms with E-state index >= 15 is 0 Å². The number of aliphatic imine (C=N–C) groups is 1. The van der Waals surface area contributed by atoms with E-state index in [0.717, 1.165) is 45.5 Å². The molecule has 7 heteroatoms. The van der Waals surface area contributed by atoms with Crippen molar-refractivity contribution in [2.45, 2.75) is 59.6 Å². The maximum absolute atomic E-state index is 6.04. The second-order valence-corrected chi connectivity index (χ2v) is 10.4. The number of aryl methyl sites for hydroxylation is 2. The first-order valence-electron chi connectivity index (χ1n) is 11.2. The summed E-state index contributed by atoms with van der Waals surface area (Å²) in [6, 6.07) is 8.10. The fraction of sp³-hybridized carbons (Fsp3) is 0.423. The van der Waals surface area contributed by atoms with Crippen LogP contribution in [0.15, 0.2) is 29.3 Å². The van der Waals surface area contributed by atoms with Crippen LogP contribution in [0.3, 0.4) is 0 Å². The number of fused-ring (bicyclic) bond motifs is 3. The zero-order valence-electron chi connectivity index (χ0n) is 20.2. The van der Waals surface area contributed by atoms with Gasteiger partial charge in [0.05, 0.1) is 17.9 Å². The summed E-state index contributed by atoms with van der Waals surface area (Å²) < 4.78 is 8.22. The van der Waals surface area contributed by atoms with Gasteiger partial charge in [-0.3, -0.25) is 9.56 Å². The van der Waals surface area contributed by atoms with Crippen molar-refractivity contribution in [1.29, 1.82) is 0 Å². The predicted octanol–water partition coefficient (Wildman–Crippen LogP) is 4.66. The van der Waals surface area contributed by atoms with Crippen molar-refractivity contribution in [3.05, 3.63) is 63.0 Å². The molecule has 3 heterocycles. The molecule has 1 aliphatic heterocycles. The molecule has 1 atom stereocenters. The largest absolute Gasteiger partial charge is 0.376 e. The van der Waals surface area contributed by atoms with Crippen LogP contribution in [0.2, 0.25) is 0 Å². The number of nitrogens with two attached hydrogens (primary N) is 1. The summed E-state index contributed by atoms with van der Waals surface area (Å²) in [5, 5.41) is 10.1. The number of rotatable bonds is 4. The zero-order chi connectivity index (χ0) is 23.8. The van der Waals surface area contributed by atoms with Crippen molar-refractivity contribution < 1.29 is 4.74 Å². The number of aromatic nitrogens is 3. The van der Waals surface area contributed by atoms with Crippen LogP contribution in [0.1, 0.15) is 72.0 Å². The Hall–Kier alpha value is -2.79. The SMILES string of the molecule is Cc1sc2c(c1C)C(c1ccc(C#CCN)cc1)=N[C@@H](CCOC(C)(C)C)c1nnc(C)n1-2. The van der Waals surface area contributed by atoms with Gasteiger partial charge in [-0.25, -0.2) is 0 Å². The molecule has 2 aromatic heterocycles. The van der Waals surface area contributed by atoms with E-state index in [4.69, 9.17) is 15.5 Å². The van der Waals surface area contributed by atoms with E-state index in [1.54, 1.807) is 11.3 Å².